The molecule has 3 N–H and O–H groups in total. The highest BCUT2D eigenvalue weighted by molar-refractivity contribution is 7.99. The van der Waals surface area contributed by atoms with Crippen molar-refractivity contribution >= 4 is 17.7 Å². The normalized spacial score (nSPS) is 13.1. The molecule has 0 aliphatic heterocycles. The highest BCUT2D eigenvalue weighted by Crippen LogP contribution is 2.31. The van der Waals surface area contributed by atoms with Crippen molar-refractivity contribution in [1.82, 2.24) is 4.98 Å². The third-order valence-electron chi connectivity index (χ3n) is 2.82. The van der Waals surface area contributed by atoms with E-state index in [1.54, 1.807) is 7.11 Å². The number of thioether (sulfide) groups is 1. The van der Waals surface area contributed by atoms with Crippen molar-refractivity contribution in [3.05, 3.63) is 23.5 Å². The van der Waals surface area contributed by atoms with Crippen molar-refractivity contribution < 1.29 is 14.6 Å². The maximum Gasteiger partial charge on any atom is 0.321 e. The number of carboxylic acids is 1. The topological polar surface area (TPSA) is 85.4 Å². The Balaban J connectivity index is 2.76. The number of carbonyl (C=O) groups is 1. The molecule has 1 heterocycles. The number of rotatable bonds is 6. The highest BCUT2D eigenvalue weighted by atomic mass is 32.2. The van der Waals surface area contributed by atoms with Crippen LogP contribution in [0.5, 0.6) is 5.75 Å². The average Bonchev–Trinajstić information content (AvgIpc) is 2.34. The van der Waals surface area contributed by atoms with Crippen molar-refractivity contribution in [2.24, 2.45) is 5.73 Å². The Labute approximate surface area is 117 Å². The molecule has 0 radical (unpaired) electrons. The first-order chi connectivity index (χ1) is 8.76. The lowest BCUT2D eigenvalue weighted by molar-refractivity contribution is -0.139. The number of aryl methyl sites for hydroxylation is 1. The van der Waals surface area contributed by atoms with Crippen molar-refractivity contribution in [1.29, 1.82) is 0 Å². The third-order valence-corrected chi connectivity index (χ3v) is 4.26. The van der Waals surface area contributed by atoms with Crippen LogP contribution in [-0.4, -0.2) is 34.0 Å². The van der Waals surface area contributed by atoms with Crippen LogP contribution in [0.4, 0.5) is 0 Å². The SMILES string of the molecule is COc1cc(C)nc(CSC(C)(C)[C@@H](N)C(=O)O)c1. The van der Waals surface area contributed by atoms with Crippen LogP contribution in [0.3, 0.4) is 0 Å². The summed E-state index contributed by atoms with van der Waals surface area (Å²) >= 11 is 1.47. The molecule has 0 aromatic carbocycles. The number of nitrogens with two attached hydrogens (primary N) is 1. The molecule has 0 saturated heterocycles. The average molecular weight is 284 g/mol. The zero-order valence-corrected chi connectivity index (χ0v) is 12.5. The summed E-state index contributed by atoms with van der Waals surface area (Å²) in [5, 5.41) is 8.97. The minimum Gasteiger partial charge on any atom is -0.497 e. The summed E-state index contributed by atoms with van der Waals surface area (Å²) in [7, 11) is 1.61. The number of hydrogen-bond acceptors (Lipinski definition) is 5. The molecule has 106 valence electrons. The van der Waals surface area contributed by atoms with Gasteiger partial charge in [0, 0.05) is 28.3 Å². The maximum absolute atomic E-state index is 10.9. The Morgan fingerprint density at radius 2 is 2.21 bits per heavy atom. The molecule has 1 rings (SSSR count). The molecule has 0 aliphatic carbocycles. The molecule has 5 nitrogen and oxygen atoms in total. The third kappa shape index (κ3) is 4.40. The first kappa shape index (κ1) is 15.8. The van der Waals surface area contributed by atoms with E-state index in [9.17, 15) is 4.79 Å². The summed E-state index contributed by atoms with van der Waals surface area (Å²) in [4.78, 5) is 15.3. The first-order valence-electron chi connectivity index (χ1n) is 5.90. The lowest BCUT2D eigenvalue weighted by Crippen LogP contribution is -2.46. The molecule has 0 fully saturated rings. The lowest BCUT2D eigenvalue weighted by atomic mass is 10.1. The van der Waals surface area contributed by atoms with Gasteiger partial charge in [-0.05, 0) is 20.8 Å². The molecular weight excluding hydrogens is 264 g/mol. The van der Waals surface area contributed by atoms with Crippen LogP contribution in [0, 0.1) is 6.92 Å². The van der Waals surface area contributed by atoms with Gasteiger partial charge in [-0.1, -0.05) is 0 Å². The zero-order chi connectivity index (χ0) is 14.6. The van der Waals surface area contributed by atoms with Crippen LogP contribution in [0.25, 0.3) is 0 Å². The fourth-order valence-electron chi connectivity index (χ4n) is 1.54. The van der Waals surface area contributed by atoms with E-state index in [1.165, 1.54) is 11.8 Å². The number of carboxylic acid groups (broad SMARTS) is 1. The monoisotopic (exact) mass is 284 g/mol. The molecule has 1 aromatic heterocycles. The van der Waals surface area contributed by atoms with E-state index in [2.05, 4.69) is 4.98 Å². The van der Waals surface area contributed by atoms with Crippen LogP contribution < -0.4 is 10.5 Å². The molecule has 1 atom stereocenters. The molecule has 0 amide bonds. The second-order valence-electron chi connectivity index (χ2n) is 4.85. The Hall–Kier alpha value is -1.27. The van der Waals surface area contributed by atoms with Gasteiger partial charge in [-0.25, -0.2) is 0 Å². The molecule has 0 saturated carbocycles. The number of methoxy groups -OCH3 is 1. The summed E-state index contributed by atoms with van der Waals surface area (Å²) in [5.74, 6) is 0.349. The van der Waals surface area contributed by atoms with Crippen LogP contribution >= 0.6 is 11.8 Å². The van der Waals surface area contributed by atoms with E-state index < -0.39 is 16.8 Å². The van der Waals surface area contributed by atoms with Gasteiger partial charge in [0.2, 0.25) is 0 Å². The van der Waals surface area contributed by atoms with Gasteiger partial charge in [-0.3, -0.25) is 9.78 Å². The van der Waals surface area contributed by atoms with E-state index >= 15 is 0 Å². The zero-order valence-electron chi connectivity index (χ0n) is 11.6. The number of hydrogen-bond donors (Lipinski definition) is 2. The van der Waals surface area contributed by atoms with E-state index in [0.29, 0.717) is 5.75 Å². The van der Waals surface area contributed by atoms with Gasteiger partial charge in [0.1, 0.15) is 11.8 Å². The van der Waals surface area contributed by atoms with E-state index in [4.69, 9.17) is 15.6 Å². The maximum atomic E-state index is 10.9. The van der Waals surface area contributed by atoms with E-state index in [-0.39, 0.29) is 0 Å². The number of aliphatic carboxylic acids is 1. The molecule has 0 spiro atoms. The summed E-state index contributed by atoms with van der Waals surface area (Å²) in [5.41, 5.74) is 7.40. The predicted octanol–water partition coefficient (Wildman–Crippen LogP) is 1.82. The van der Waals surface area contributed by atoms with Gasteiger partial charge in [-0.2, -0.15) is 0 Å². The molecule has 19 heavy (non-hydrogen) atoms. The number of aromatic nitrogens is 1. The van der Waals surface area contributed by atoms with Crippen LogP contribution in [-0.2, 0) is 10.5 Å². The van der Waals surface area contributed by atoms with Gasteiger partial charge in [0.05, 0.1) is 12.8 Å². The molecule has 1 aromatic rings. The van der Waals surface area contributed by atoms with Crippen LogP contribution in [0.2, 0.25) is 0 Å². The van der Waals surface area contributed by atoms with Crippen LogP contribution in [0.15, 0.2) is 12.1 Å². The highest BCUT2D eigenvalue weighted by Gasteiger charge is 2.32. The predicted molar refractivity (Wildman–Crippen MR) is 76.5 cm³/mol. The molecule has 0 aliphatic rings. The fraction of sp³-hybridized carbons (Fsp3) is 0.538. The summed E-state index contributed by atoms with van der Waals surface area (Å²) < 4.78 is 4.62. The molecule has 0 bridgehead atoms. The van der Waals surface area contributed by atoms with Crippen molar-refractivity contribution in [2.45, 2.75) is 37.3 Å². The molecule has 6 heteroatoms. The Morgan fingerprint density at radius 1 is 1.58 bits per heavy atom. The van der Waals surface area contributed by atoms with Gasteiger partial charge >= 0.3 is 5.97 Å². The van der Waals surface area contributed by atoms with Gasteiger partial charge in [0.15, 0.2) is 0 Å². The first-order valence-corrected chi connectivity index (χ1v) is 6.88. The smallest absolute Gasteiger partial charge is 0.321 e. The standard InChI is InChI=1S/C13H20N2O3S/c1-8-5-10(18-4)6-9(15-8)7-19-13(2,3)11(14)12(16)17/h5-6,11H,7,14H2,1-4H3,(H,16,17)/t11-/m0/s1. The molecule has 0 unspecified atom stereocenters. The number of nitrogens with zero attached hydrogens (tertiary/aromatic N) is 1. The van der Waals surface area contributed by atoms with Gasteiger partial charge in [-0.15, -0.1) is 11.8 Å². The van der Waals surface area contributed by atoms with Gasteiger partial charge in [0.25, 0.3) is 0 Å². The Bertz CT molecular complexity index is 463. The van der Waals surface area contributed by atoms with E-state index in [0.717, 1.165) is 17.1 Å². The summed E-state index contributed by atoms with van der Waals surface area (Å²) in [6.45, 7) is 5.54. The number of pyridine rings is 1. The minimum atomic E-state index is -0.993. The Kier molecular flexibility index (Phi) is 5.20. The quantitative estimate of drug-likeness (QED) is 0.829. The van der Waals surface area contributed by atoms with E-state index in [1.807, 2.05) is 32.9 Å². The summed E-state index contributed by atoms with van der Waals surface area (Å²) in [6.07, 6.45) is 0. The van der Waals surface area contributed by atoms with Crippen molar-refractivity contribution in [3.63, 3.8) is 0 Å². The minimum absolute atomic E-state index is 0.565. The summed E-state index contributed by atoms with van der Waals surface area (Å²) in [6, 6.07) is 2.79. The number of ether oxygens (including phenoxy) is 1. The second-order valence-corrected chi connectivity index (χ2v) is 6.48. The second kappa shape index (κ2) is 6.25. The fourth-order valence-corrected chi connectivity index (χ4v) is 2.49. The molecular formula is C13H20N2O3S. The lowest BCUT2D eigenvalue weighted by Gasteiger charge is -2.27. The van der Waals surface area contributed by atoms with Crippen molar-refractivity contribution in [3.8, 4) is 5.75 Å². The Morgan fingerprint density at radius 3 is 2.74 bits per heavy atom. The van der Waals surface area contributed by atoms with Crippen molar-refractivity contribution in [2.75, 3.05) is 7.11 Å². The van der Waals surface area contributed by atoms with Crippen LogP contribution in [0.1, 0.15) is 25.2 Å². The largest absolute Gasteiger partial charge is 0.497 e. The van der Waals surface area contributed by atoms with Gasteiger partial charge < -0.3 is 15.6 Å².